The molecule has 2 aromatic carbocycles. The summed E-state index contributed by atoms with van der Waals surface area (Å²) in [6.07, 6.45) is 1.87. The molecule has 0 N–H and O–H groups in total. The van der Waals surface area contributed by atoms with Gasteiger partial charge in [0.1, 0.15) is 5.75 Å². The molecule has 1 heterocycles. The van der Waals surface area contributed by atoms with E-state index in [9.17, 15) is 8.42 Å². The van der Waals surface area contributed by atoms with Crippen LogP contribution < -0.4 is 4.74 Å². The van der Waals surface area contributed by atoms with Crippen molar-refractivity contribution in [2.75, 3.05) is 19.7 Å². The first-order chi connectivity index (χ1) is 11.0. The van der Waals surface area contributed by atoms with Crippen LogP contribution in [-0.2, 0) is 10.0 Å². The Balaban J connectivity index is 1.91. The third-order valence-corrected chi connectivity index (χ3v) is 6.37. The van der Waals surface area contributed by atoms with Crippen molar-refractivity contribution in [1.82, 2.24) is 4.31 Å². The van der Waals surface area contributed by atoms with Crippen LogP contribution in [0, 0.1) is 5.92 Å². The maximum absolute atomic E-state index is 12.8. The summed E-state index contributed by atoms with van der Waals surface area (Å²) in [6.45, 7) is 5.97. The van der Waals surface area contributed by atoms with Crippen molar-refractivity contribution in [3.63, 3.8) is 0 Å². The molecule has 0 spiro atoms. The number of fused-ring (bicyclic) bond motifs is 1. The van der Waals surface area contributed by atoms with E-state index < -0.39 is 10.0 Å². The van der Waals surface area contributed by atoms with Crippen molar-refractivity contribution in [1.29, 1.82) is 0 Å². The van der Waals surface area contributed by atoms with E-state index in [0.717, 1.165) is 29.4 Å². The molecular formula is C18H23NO3S. The predicted molar refractivity (Wildman–Crippen MR) is 92.3 cm³/mol. The van der Waals surface area contributed by atoms with Gasteiger partial charge in [0.25, 0.3) is 0 Å². The molecule has 0 saturated carbocycles. The fourth-order valence-electron chi connectivity index (χ4n) is 2.99. The first-order valence-electron chi connectivity index (χ1n) is 8.17. The van der Waals surface area contributed by atoms with Crippen LogP contribution in [0.15, 0.2) is 41.3 Å². The Hall–Kier alpha value is -1.59. The molecule has 0 unspecified atom stereocenters. The molecule has 0 aromatic heterocycles. The van der Waals surface area contributed by atoms with Gasteiger partial charge in [-0.15, -0.1) is 0 Å². The molecule has 3 rings (SSSR count). The Morgan fingerprint density at radius 1 is 1.09 bits per heavy atom. The Labute approximate surface area is 138 Å². The van der Waals surface area contributed by atoms with Gasteiger partial charge in [-0.1, -0.05) is 19.1 Å². The molecule has 0 radical (unpaired) electrons. The lowest BCUT2D eigenvalue weighted by atomic mass is 10.0. The van der Waals surface area contributed by atoms with Crippen LogP contribution in [-0.4, -0.2) is 32.4 Å². The number of rotatable bonds is 4. The Morgan fingerprint density at radius 2 is 1.74 bits per heavy atom. The van der Waals surface area contributed by atoms with Crippen LogP contribution in [0.1, 0.15) is 26.7 Å². The van der Waals surface area contributed by atoms with Crippen molar-refractivity contribution in [2.45, 2.75) is 31.6 Å². The maximum Gasteiger partial charge on any atom is 0.243 e. The second-order valence-electron chi connectivity index (χ2n) is 6.19. The van der Waals surface area contributed by atoms with E-state index in [1.807, 2.05) is 31.2 Å². The first-order valence-corrected chi connectivity index (χ1v) is 9.61. The number of sulfonamides is 1. The average molecular weight is 333 g/mol. The third-order valence-electron chi connectivity index (χ3n) is 4.47. The summed E-state index contributed by atoms with van der Waals surface area (Å²) in [5, 5.41) is 1.90. The number of ether oxygens (including phenoxy) is 1. The average Bonchev–Trinajstić information content (AvgIpc) is 2.55. The molecule has 5 heteroatoms. The van der Waals surface area contributed by atoms with E-state index in [4.69, 9.17) is 4.74 Å². The standard InChI is InChI=1S/C18H23NO3S/c1-3-22-17-6-4-16-13-18(7-5-15(16)12-17)23(20,21)19-10-8-14(2)9-11-19/h4-7,12-14H,3,8-11H2,1-2H3. The van der Waals surface area contributed by atoms with Crippen LogP contribution in [0.2, 0.25) is 0 Å². The zero-order valence-electron chi connectivity index (χ0n) is 13.7. The minimum absolute atomic E-state index is 0.378. The lowest BCUT2D eigenvalue weighted by Gasteiger charge is -2.29. The van der Waals surface area contributed by atoms with E-state index in [-0.39, 0.29) is 0 Å². The van der Waals surface area contributed by atoms with Gasteiger partial charge < -0.3 is 4.74 Å². The largest absolute Gasteiger partial charge is 0.494 e. The topological polar surface area (TPSA) is 46.6 Å². The van der Waals surface area contributed by atoms with E-state index in [1.165, 1.54) is 0 Å². The van der Waals surface area contributed by atoms with Crippen LogP contribution in [0.25, 0.3) is 10.8 Å². The quantitative estimate of drug-likeness (QED) is 0.858. The minimum atomic E-state index is -3.40. The lowest BCUT2D eigenvalue weighted by Crippen LogP contribution is -2.37. The van der Waals surface area contributed by atoms with E-state index in [1.54, 1.807) is 16.4 Å². The first kappa shape index (κ1) is 16.3. The highest BCUT2D eigenvalue weighted by Gasteiger charge is 2.28. The summed E-state index contributed by atoms with van der Waals surface area (Å²) < 4.78 is 32.7. The van der Waals surface area contributed by atoms with E-state index in [2.05, 4.69) is 6.92 Å². The molecule has 0 amide bonds. The molecule has 4 nitrogen and oxygen atoms in total. The number of piperidine rings is 1. The van der Waals surface area contributed by atoms with Crippen molar-refractivity contribution >= 4 is 20.8 Å². The summed E-state index contributed by atoms with van der Waals surface area (Å²) in [5.74, 6) is 1.41. The van der Waals surface area contributed by atoms with Gasteiger partial charge in [0.15, 0.2) is 0 Å². The Morgan fingerprint density at radius 3 is 2.43 bits per heavy atom. The van der Waals surface area contributed by atoms with Gasteiger partial charge in [-0.3, -0.25) is 0 Å². The van der Waals surface area contributed by atoms with Gasteiger partial charge in [-0.25, -0.2) is 8.42 Å². The summed E-state index contributed by atoms with van der Waals surface area (Å²) >= 11 is 0. The normalized spacial score (nSPS) is 17.5. The molecule has 1 aliphatic heterocycles. The van der Waals surface area contributed by atoms with Crippen LogP contribution in [0.5, 0.6) is 5.75 Å². The van der Waals surface area contributed by atoms with E-state index in [0.29, 0.717) is 30.5 Å². The fourth-order valence-corrected chi connectivity index (χ4v) is 4.50. The van der Waals surface area contributed by atoms with Gasteiger partial charge in [0.2, 0.25) is 10.0 Å². The van der Waals surface area contributed by atoms with Crippen molar-refractivity contribution in [3.8, 4) is 5.75 Å². The number of nitrogens with zero attached hydrogens (tertiary/aromatic N) is 1. The molecule has 1 saturated heterocycles. The maximum atomic E-state index is 12.8. The highest BCUT2D eigenvalue weighted by Crippen LogP contribution is 2.27. The number of hydrogen-bond acceptors (Lipinski definition) is 3. The monoisotopic (exact) mass is 333 g/mol. The predicted octanol–water partition coefficient (Wildman–Crippen LogP) is 3.66. The smallest absolute Gasteiger partial charge is 0.243 e. The molecule has 0 atom stereocenters. The van der Waals surface area contributed by atoms with Crippen molar-refractivity contribution in [3.05, 3.63) is 36.4 Å². The second-order valence-corrected chi connectivity index (χ2v) is 8.13. The lowest BCUT2D eigenvalue weighted by molar-refractivity contribution is 0.288. The summed E-state index contributed by atoms with van der Waals surface area (Å²) in [5.41, 5.74) is 0. The molecule has 124 valence electrons. The van der Waals surface area contributed by atoms with Crippen molar-refractivity contribution < 1.29 is 13.2 Å². The van der Waals surface area contributed by atoms with Crippen LogP contribution in [0.4, 0.5) is 0 Å². The Bertz CT molecular complexity index is 793. The summed E-state index contributed by atoms with van der Waals surface area (Å²) in [4.78, 5) is 0.378. The highest BCUT2D eigenvalue weighted by molar-refractivity contribution is 7.89. The number of benzene rings is 2. The highest BCUT2D eigenvalue weighted by atomic mass is 32.2. The van der Waals surface area contributed by atoms with Crippen LogP contribution >= 0.6 is 0 Å². The van der Waals surface area contributed by atoms with E-state index >= 15 is 0 Å². The molecule has 0 bridgehead atoms. The van der Waals surface area contributed by atoms with Gasteiger partial charge >= 0.3 is 0 Å². The SMILES string of the molecule is CCOc1ccc2cc(S(=O)(=O)N3CCC(C)CC3)ccc2c1. The van der Waals surface area contributed by atoms with Crippen molar-refractivity contribution in [2.24, 2.45) is 5.92 Å². The minimum Gasteiger partial charge on any atom is -0.494 e. The molecule has 1 aliphatic rings. The van der Waals surface area contributed by atoms with Gasteiger partial charge in [-0.2, -0.15) is 4.31 Å². The molecule has 23 heavy (non-hydrogen) atoms. The van der Waals surface area contributed by atoms with Gasteiger partial charge in [0.05, 0.1) is 11.5 Å². The Kier molecular flexibility index (Phi) is 4.60. The van der Waals surface area contributed by atoms with Crippen LogP contribution in [0.3, 0.4) is 0 Å². The summed E-state index contributed by atoms with van der Waals surface area (Å²) in [6, 6.07) is 11.1. The summed E-state index contributed by atoms with van der Waals surface area (Å²) in [7, 11) is -3.40. The molecular weight excluding hydrogens is 310 g/mol. The number of hydrogen-bond donors (Lipinski definition) is 0. The fraction of sp³-hybridized carbons (Fsp3) is 0.444. The molecule has 2 aromatic rings. The van der Waals surface area contributed by atoms with Gasteiger partial charge in [-0.05, 0) is 60.7 Å². The zero-order chi connectivity index (χ0) is 16.4. The third kappa shape index (κ3) is 3.35. The molecule has 1 fully saturated rings. The molecule has 0 aliphatic carbocycles. The van der Waals surface area contributed by atoms with Gasteiger partial charge in [0, 0.05) is 13.1 Å². The second kappa shape index (κ2) is 6.49. The zero-order valence-corrected chi connectivity index (χ0v) is 14.5.